The normalized spacial score (nSPS) is 12.8. The fraction of sp³-hybridized carbons (Fsp3) is 0.818. The SMILES string of the molecule is CCC(C#N)S(=O)(=O)NCCC(=O)N(CC)CC. The third-order valence-electron chi connectivity index (χ3n) is 2.65. The van der Waals surface area contributed by atoms with Crippen molar-refractivity contribution >= 4 is 15.9 Å². The van der Waals surface area contributed by atoms with E-state index in [1.807, 2.05) is 13.8 Å². The van der Waals surface area contributed by atoms with Gasteiger partial charge in [0.25, 0.3) is 0 Å². The molecule has 1 amide bonds. The largest absolute Gasteiger partial charge is 0.343 e. The molecule has 0 rings (SSSR count). The molecule has 0 radical (unpaired) electrons. The third-order valence-corrected chi connectivity index (χ3v) is 4.44. The Bertz CT molecular complexity index is 396. The fourth-order valence-electron chi connectivity index (χ4n) is 1.52. The van der Waals surface area contributed by atoms with Crippen LogP contribution in [0.3, 0.4) is 0 Å². The van der Waals surface area contributed by atoms with Crippen LogP contribution in [0, 0.1) is 11.3 Å². The van der Waals surface area contributed by atoms with E-state index in [0.717, 1.165) is 0 Å². The van der Waals surface area contributed by atoms with Crippen LogP contribution in [0.15, 0.2) is 0 Å². The van der Waals surface area contributed by atoms with Crippen LogP contribution in [0.25, 0.3) is 0 Å². The predicted octanol–water partition coefficient (Wildman–Crippen LogP) is 0.466. The van der Waals surface area contributed by atoms with E-state index < -0.39 is 15.3 Å². The zero-order chi connectivity index (χ0) is 14.2. The van der Waals surface area contributed by atoms with Crippen LogP contribution in [-0.2, 0) is 14.8 Å². The summed E-state index contributed by atoms with van der Waals surface area (Å²) in [6, 6.07) is 1.73. The van der Waals surface area contributed by atoms with E-state index in [9.17, 15) is 13.2 Å². The van der Waals surface area contributed by atoms with E-state index >= 15 is 0 Å². The minimum Gasteiger partial charge on any atom is -0.343 e. The van der Waals surface area contributed by atoms with E-state index in [0.29, 0.717) is 13.1 Å². The van der Waals surface area contributed by atoms with Crippen LogP contribution < -0.4 is 4.72 Å². The molecule has 1 N–H and O–H groups in total. The second-order valence-corrected chi connectivity index (χ2v) is 5.73. The number of nitriles is 1. The van der Waals surface area contributed by atoms with E-state index in [1.165, 1.54) is 0 Å². The molecule has 0 fully saturated rings. The molecule has 18 heavy (non-hydrogen) atoms. The van der Waals surface area contributed by atoms with Gasteiger partial charge in [-0.25, -0.2) is 13.1 Å². The molecule has 0 bridgehead atoms. The molecule has 104 valence electrons. The van der Waals surface area contributed by atoms with E-state index in [2.05, 4.69) is 4.72 Å². The summed E-state index contributed by atoms with van der Waals surface area (Å²) in [5, 5.41) is 7.64. The van der Waals surface area contributed by atoms with Gasteiger partial charge in [-0.05, 0) is 20.3 Å². The van der Waals surface area contributed by atoms with Gasteiger partial charge in [0.1, 0.15) is 0 Å². The molecule has 0 aromatic heterocycles. The van der Waals surface area contributed by atoms with Gasteiger partial charge in [-0.2, -0.15) is 5.26 Å². The van der Waals surface area contributed by atoms with Gasteiger partial charge >= 0.3 is 0 Å². The summed E-state index contributed by atoms with van der Waals surface area (Å²) in [5.74, 6) is -0.0901. The average molecular weight is 275 g/mol. The zero-order valence-electron chi connectivity index (χ0n) is 11.1. The Morgan fingerprint density at radius 2 is 1.89 bits per heavy atom. The summed E-state index contributed by atoms with van der Waals surface area (Å²) in [7, 11) is -3.64. The minimum absolute atomic E-state index is 0.0375. The number of carbonyl (C=O) groups excluding carboxylic acids is 1. The van der Waals surface area contributed by atoms with Gasteiger partial charge in [0.15, 0.2) is 5.25 Å². The van der Waals surface area contributed by atoms with E-state index in [4.69, 9.17) is 5.26 Å². The van der Waals surface area contributed by atoms with Gasteiger partial charge in [-0.1, -0.05) is 6.92 Å². The molecule has 0 spiro atoms. The first-order valence-electron chi connectivity index (χ1n) is 6.08. The maximum atomic E-state index is 11.6. The van der Waals surface area contributed by atoms with Gasteiger partial charge in [-0.3, -0.25) is 4.79 Å². The summed E-state index contributed by atoms with van der Waals surface area (Å²) in [6.07, 6.45) is 0.346. The second-order valence-electron chi connectivity index (χ2n) is 3.78. The topological polar surface area (TPSA) is 90.3 Å². The summed E-state index contributed by atoms with van der Waals surface area (Å²) < 4.78 is 25.5. The monoisotopic (exact) mass is 275 g/mol. The van der Waals surface area contributed by atoms with Crippen molar-refractivity contribution in [2.24, 2.45) is 0 Å². The highest BCUT2D eigenvalue weighted by Gasteiger charge is 2.23. The molecule has 0 saturated carbocycles. The van der Waals surface area contributed by atoms with Crippen molar-refractivity contribution in [1.82, 2.24) is 9.62 Å². The zero-order valence-corrected chi connectivity index (χ0v) is 12.0. The van der Waals surface area contributed by atoms with Gasteiger partial charge in [0.05, 0.1) is 6.07 Å². The Morgan fingerprint density at radius 1 is 1.33 bits per heavy atom. The van der Waals surface area contributed by atoms with Crippen molar-refractivity contribution in [3.8, 4) is 6.07 Å². The van der Waals surface area contributed by atoms with Gasteiger partial charge < -0.3 is 4.90 Å². The van der Waals surface area contributed by atoms with Crippen molar-refractivity contribution in [1.29, 1.82) is 5.26 Å². The van der Waals surface area contributed by atoms with Crippen LogP contribution >= 0.6 is 0 Å². The first-order valence-corrected chi connectivity index (χ1v) is 7.63. The molecule has 0 aromatic rings. The predicted molar refractivity (Wildman–Crippen MR) is 69.2 cm³/mol. The maximum absolute atomic E-state index is 11.6. The lowest BCUT2D eigenvalue weighted by atomic mass is 10.3. The Morgan fingerprint density at radius 3 is 2.28 bits per heavy atom. The molecule has 0 heterocycles. The molecule has 1 unspecified atom stereocenters. The summed E-state index contributed by atoms with van der Waals surface area (Å²) in [5.41, 5.74) is 0. The van der Waals surface area contributed by atoms with Crippen molar-refractivity contribution in [2.75, 3.05) is 19.6 Å². The molecule has 0 saturated heterocycles. The molecular formula is C11H21N3O3S. The highest BCUT2D eigenvalue weighted by Crippen LogP contribution is 2.02. The summed E-state index contributed by atoms with van der Waals surface area (Å²) in [4.78, 5) is 13.3. The molecular weight excluding hydrogens is 254 g/mol. The molecule has 1 atom stereocenters. The Labute approximate surface area is 109 Å². The lowest BCUT2D eigenvalue weighted by Gasteiger charge is -2.18. The standard InChI is InChI=1S/C11H21N3O3S/c1-4-10(9-12)18(16,17)13-8-7-11(15)14(5-2)6-3/h10,13H,4-8H2,1-3H3. The van der Waals surface area contributed by atoms with Crippen LogP contribution in [0.4, 0.5) is 0 Å². The molecule has 6 nitrogen and oxygen atoms in total. The summed E-state index contributed by atoms with van der Waals surface area (Å²) >= 11 is 0. The molecule has 0 aromatic carbocycles. The highest BCUT2D eigenvalue weighted by molar-refractivity contribution is 7.90. The van der Waals surface area contributed by atoms with Crippen molar-refractivity contribution < 1.29 is 13.2 Å². The maximum Gasteiger partial charge on any atom is 0.227 e. The van der Waals surface area contributed by atoms with Gasteiger partial charge in [0.2, 0.25) is 15.9 Å². The number of nitrogens with zero attached hydrogens (tertiary/aromatic N) is 2. The Balaban J connectivity index is 4.28. The molecule has 0 aliphatic rings. The lowest BCUT2D eigenvalue weighted by molar-refractivity contribution is -0.130. The number of sulfonamides is 1. The average Bonchev–Trinajstić information content (AvgIpc) is 2.31. The minimum atomic E-state index is -3.64. The Hall–Kier alpha value is -1.13. The van der Waals surface area contributed by atoms with Gasteiger partial charge in [0, 0.05) is 26.1 Å². The van der Waals surface area contributed by atoms with Crippen LogP contribution in [0.2, 0.25) is 0 Å². The van der Waals surface area contributed by atoms with Crippen LogP contribution in [0.5, 0.6) is 0 Å². The Kier molecular flexibility index (Phi) is 7.55. The van der Waals surface area contributed by atoms with Crippen molar-refractivity contribution in [3.63, 3.8) is 0 Å². The number of rotatable bonds is 8. The van der Waals surface area contributed by atoms with Crippen molar-refractivity contribution in [2.45, 2.75) is 38.9 Å². The van der Waals surface area contributed by atoms with Crippen LogP contribution in [-0.4, -0.2) is 44.1 Å². The lowest BCUT2D eigenvalue weighted by Crippen LogP contribution is -2.37. The van der Waals surface area contributed by atoms with Crippen molar-refractivity contribution in [3.05, 3.63) is 0 Å². The van der Waals surface area contributed by atoms with E-state index in [1.54, 1.807) is 17.9 Å². The fourth-order valence-corrected chi connectivity index (χ4v) is 2.68. The summed E-state index contributed by atoms with van der Waals surface area (Å²) in [6.45, 7) is 6.63. The first kappa shape index (κ1) is 16.9. The number of nitrogens with one attached hydrogen (secondary N) is 1. The number of carbonyl (C=O) groups is 1. The second kappa shape index (κ2) is 8.06. The smallest absolute Gasteiger partial charge is 0.227 e. The molecule has 0 aliphatic carbocycles. The number of hydrogen-bond donors (Lipinski definition) is 1. The number of amides is 1. The van der Waals surface area contributed by atoms with E-state index in [-0.39, 0.29) is 25.3 Å². The first-order chi connectivity index (χ1) is 8.42. The highest BCUT2D eigenvalue weighted by atomic mass is 32.2. The molecule has 0 aliphatic heterocycles. The van der Waals surface area contributed by atoms with Crippen LogP contribution in [0.1, 0.15) is 33.6 Å². The third kappa shape index (κ3) is 5.02. The van der Waals surface area contributed by atoms with Gasteiger partial charge in [-0.15, -0.1) is 0 Å². The molecule has 7 heteroatoms. The number of hydrogen-bond acceptors (Lipinski definition) is 4. The quantitative estimate of drug-likeness (QED) is 0.697.